The lowest BCUT2D eigenvalue weighted by molar-refractivity contribution is -0.145. The van der Waals surface area contributed by atoms with Gasteiger partial charge in [0.25, 0.3) is 5.91 Å². The summed E-state index contributed by atoms with van der Waals surface area (Å²) in [6, 6.07) is 12.4. The number of nitrogens with one attached hydrogen (secondary N) is 1. The van der Waals surface area contributed by atoms with Crippen molar-refractivity contribution in [1.82, 2.24) is 10.3 Å². The predicted molar refractivity (Wildman–Crippen MR) is 124 cm³/mol. The number of nitrogens with zero attached hydrogens (tertiary/aromatic N) is 2. The van der Waals surface area contributed by atoms with Crippen LogP contribution in [0.4, 0.5) is 15.2 Å². The molecule has 3 rings (SSSR count). The van der Waals surface area contributed by atoms with Gasteiger partial charge in [-0.05, 0) is 42.8 Å². The summed E-state index contributed by atoms with van der Waals surface area (Å²) in [6.45, 7) is 1.56. The van der Waals surface area contributed by atoms with Crippen molar-refractivity contribution in [1.29, 1.82) is 0 Å². The highest BCUT2D eigenvalue weighted by atomic mass is 35.5. The fourth-order valence-electron chi connectivity index (χ4n) is 2.87. The first-order valence-electron chi connectivity index (χ1n) is 10.0. The van der Waals surface area contributed by atoms with E-state index in [9.17, 15) is 18.8 Å². The molecular weight excluding hydrogens is 469 g/mol. The minimum absolute atomic E-state index is 0.0739. The van der Waals surface area contributed by atoms with Crippen LogP contribution in [0.3, 0.4) is 0 Å². The van der Waals surface area contributed by atoms with Gasteiger partial charge in [0.1, 0.15) is 12.4 Å². The van der Waals surface area contributed by atoms with Crippen LogP contribution in [0.5, 0.6) is 0 Å². The van der Waals surface area contributed by atoms with E-state index in [1.165, 1.54) is 30.0 Å². The number of rotatable bonds is 9. The van der Waals surface area contributed by atoms with E-state index in [-0.39, 0.29) is 29.8 Å². The molecule has 0 spiro atoms. The van der Waals surface area contributed by atoms with Crippen molar-refractivity contribution in [2.24, 2.45) is 0 Å². The highest BCUT2D eigenvalue weighted by Gasteiger charge is 2.21. The van der Waals surface area contributed by atoms with Crippen molar-refractivity contribution >= 4 is 51.5 Å². The first-order chi connectivity index (χ1) is 15.8. The van der Waals surface area contributed by atoms with Crippen LogP contribution in [0, 0.1) is 5.82 Å². The zero-order valence-corrected chi connectivity index (χ0v) is 19.3. The third kappa shape index (κ3) is 6.84. The molecule has 1 N–H and O–H groups in total. The van der Waals surface area contributed by atoms with Gasteiger partial charge in [0.15, 0.2) is 5.13 Å². The third-order valence-electron chi connectivity index (χ3n) is 4.47. The molecule has 1 aromatic heterocycles. The summed E-state index contributed by atoms with van der Waals surface area (Å²) in [5.41, 5.74) is 1.03. The molecule has 1 heterocycles. The maximum atomic E-state index is 14.1. The van der Waals surface area contributed by atoms with E-state index in [1.54, 1.807) is 35.7 Å². The summed E-state index contributed by atoms with van der Waals surface area (Å²) in [4.78, 5) is 41.6. The first kappa shape index (κ1) is 24.3. The number of thiazole rings is 1. The number of aromatic nitrogens is 1. The van der Waals surface area contributed by atoms with Gasteiger partial charge in [0, 0.05) is 35.9 Å². The molecule has 0 aliphatic carbocycles. The molecule has 172 valence electrons. The Balaban J connectivity index is 1.45. The second kappa shape index (κ2) is 11.5. The number of hydrogen-bond acceptors (Lipinski definition) is 6. The summed E-state index contributed by atoms with van der Waals surface area (Å²) >= 11 is 6.94. The SMILES string of the molecule is CC(=O)N(c1nc(COC(=O)CCCNC(=O)c2ccc(Cl)cc2)cs1)c1ccccc1F. The van der Waals surface area contributed by atoms with E-state index in [2.05, 4.69) is 10.3 Å². The quantitative estimate of drug-likeness (QED) is 0.342. The molecule has 2 aromatic carbocycles. The number of carbonyl (C=O) groups is 3. The van der Waals surface area contributed by atoms with Crippen LogP contribution in [0.25, 0.3) is 0 Å². The molecule has 0 fully saturated rings. The Morgan fingerprint density at radius 1 is 1.15 bits per heavy atom. The first-order valence-corrected chi connectivity index (χ1v) is 11.3. The van der Waals surface area contributed by atoms with Gasteiger partial charge in [0.05, 0.1) is 11.4 Å². The average molecular weight is 490 g/mol. The maximum absolute atomic E-state index is 14.1. The second-order valence-corrected chi connectivity index (χ2v) is 8.23. The smallest absolute Gasteiger partial charge is 0.306 e. The van der Waals surface area contributed by atoms with Crippen LogP contribution in [0.15, 0.2) is 53.9 Å². The molecule has 3 aromatic rings. The van der Waals surface area contributed by atoms with E-state index in [0.717, 1.165) is 11.3 Å². The molecule has 0 saturated heterocycles. The molecule has 33 heavy (non-hydrogen) atoms. The molecule has 0 aliphatic rings. The van der Waals surface area contributed by atoms with E-state index in [0.29, 0.717) is 29.2 Å². The minimum atomic E-state index is -0.543. The molecule has 0 bridgehead atoms. The number of anilines is 2. The number of ether oxygens (including phenoxy) is 1. The Morgan fingerprint density at radius 2 is 1.88 bits per heavy atom. The summed E-state index contributed by atoms with van der Waals surface area (Å²) in [5.74, 6) is -1.62. The Hall–Kier alpha value is -3.30. The zero-order valence-electron chi connectivity index (χ0n) is 17.7. The Labute approximate surface area is 199 Å². The van der Waals surface area contributed by atoms with Crippen molar-refractivity contribution in [3.05, 3.63) is 76.0 Å². The van der Waals surface area contributed by atoms with Gasteiger partial charge in [-0.25, -0.2) is 9.37 Å². The van der Waals surface area contributed by atoms with Crippen molar-refractivity contribution in [3.63, 3.8) is 0 Å². The number of hydrogen-bond donors (Lipinski definition) is 1. The molecule has 0 saturated carbocycles. The Morgan fingerprint density at radius 3 is 2.58 bits per heavy atom. The van der Waals surface area contributed by atoms with E-state index in [4.69, 9.17) is 16.3 Å². The fourth-order valence-corrected chi connectivity index (χ4v) is 3.86. The normalized spacial score (nSPS) is 10.5. The van der Waals surface area contributed by atoms with E-state index in [1.807, 2.05) is 0 Å². The lowest BCUT2D eigenvalue weighted by Crippen LogP contribution is -2.25. The molecule has 7 nitrogen and oxygen atoms in total. The van der Waals surface area contributed by atoms with Gasteiger partial charge in [-0.1, -0.05) is 23.7 Å². The van der Waals surface area contributed by atoms with Crippen LogP contribution in [0.2, 0.25) is 5.02 Å². The summed E-state index contributed by atoms with van der Waals surface area (Å²) in [7, 11) is 0. The molecule has 10 heteroatoms. The predicted octanol–water partition coefficient (Wildman–Crippen LogP) is 4.87. The molecule has 0 unspecified atom stereocenters. The largest absolute Gasteiger partial charge is 0.459 e. The Kier molecular flexibility index (Phi) is 8.51. The topological polar surface area (TPSA) is 88.6 Å². The van der Waals surface area contributed by atoms with Gasteiger partial charge in [-0.15, -0.1) is 11.3 Å². The van der Waals surface area contributed by atoms with Crippen molar-refractivity contribution < 1.29 is 23.5 Å². The molecule has 0 atom stereocenters. The lowest BCUT2D eigenvalue weighted by atomic mass is 10.2. The number of carbonyl (C=O) groups excluding carboxylic acids is 3. The van der Waals surface area contributed by atoms with Gasteiger partial charge in [0.2, 0.25) is 5.91 Å². The number of esters is 1. The monoisotopic (exact) mass is 489 g/mol. The maximum Gasteiger partial charge on any atom is 0.306 e. The van der Waals surface area contributed by atoms with Gasteiger partial charge < -0.3 is 10.1 Å². The summed E-state index contributed by atoms with van der Waals surface area (Å²) in [6.07, 6.45) is 0.526. The van der Waals surface area contributed by atoms with Gasteiger partial charge >= 0.3 is 5.97 Å². The molecular formula is C23H21ClFN3O4S. The van der Waals surface area contributed by atoms with Crippen LogP contribution in [-0.2, 0) is 20.9 Å². The lowest BCUT2D eigenvalue weighted by Gasteiger charge is -2.18. The highest BCUT2D eigenvalue weighted by Crippen LogP contribution is 2.30. The number of amides is 2. The number of halogens is 2. The van der Waals surface area contributed by atoms with E-state index < -0.39 is 17.7 Å². The molecule has 2 amide bonds. The third-order valence-corrected chi connectivity index (χ3v) is 5.60. The fraction of sp³-hybridized carbons (Fsp3) is 0.217. The minimum Gasteiger partial charge on any atom is -0.459 e. The second-order valence-electron chi connectivity index (χ2n) is 6.95. The van der Waals surface area contributed by atoms with Crippen molar-refractivity contribution in [2.75, 3.05) is 11.4 Å². The highest BCUT2D eigenvalue weighted by molar-refractivity contribution is 7.14. The number of para-hydroxylation sites is 1. The van der Waals surface area contributed by atoms with Crippen molar-refractivity contribution in [3.8, 4) is 0 Å². The van der Waals surface area contributed by atoms with Crippen molar-refractivity contribution in [2.45, 2.75) is 26.4 Å². The van der Waals surface area contributed by atoms with Crippen LogP contribution in [0.1, 0.15) is 35.8 Å². The zero-order chi connectivity index (χ0) is 23.8. The average Bonchev–Trinajstić information content (AvgIpc) is 3.25. The molecule has 0 aliphatic heterocycles. The van der Waals surface area contributed by atoms with E-state index >= 15 is 0 Å². The standard InChI is InChI=1S/C23H21ClFN3O4S/c1-15(29)28(20-6-3-2-5-19(20)25)23-27-18(14-33-23)13-32-21(30)7-4-12-26-22(31)16-8-10-17(24)11-9-16/h2-3,5-6,8-11,14H,4,7,12-13H2,1H3,(H,26,31). The van der Waals surface area contributed by atoms with Crippen LogP contribution >= 0.6 is 22.9 Å². The van der Waals surface area contributed by atoms with Gasteiger partial charge in [-0.2, -0.15) is 0 Å². The Bertz CT molecular complexity index is 1140. The molecule has 0 radical (unpaired) electrons. The summed E-state index contributed by atoms with van der Waals surface area (Å²) < 4.78 is 19.4. The van der Waals surface area contributed by atoms with Crippen LogP contribution in [-0.4, -0.2) is 29.3 Å². The van der Waals surface area contributed by atoms with Gasteiger partial charge in [-0.3, -0.25) is 19.3 Å². The number of benzene rings is 2. The van der Waals surface area contributed by atoms with Crippen LogP contribution < -0.4 is 10.2 Å². The summed E-state index contributed by atoms with van der Waals surface area (Å²) in [5, 5.41) is 5.20.